The lowest BCUT2D eigenvalue weighted by molar-refractivity contribution is -0.123. The van der Waals surface area contributed by atoms with Gasteiger partial charge in [0.25, 0.3) is 6.47 Å². The highest BCUT2D eigenvalue weighted by Crippen LogP contribution is 2.27. The zero-order valence-corrected chi connectivity index (χ0v) is 13.1. The Morgan fingerprint density at radius 3 is 2.83 bits per heavy atom. The quantitative estimate of drug-likeness (QED) is 0.509. The van der Waals surface area contributed by atoms with E-state index in [9.17, 15) is 9.90 Å². The fourth-order valence-corrected chi connectivity index (χ4v) is 3.16. The van der Waals surface area contributed by atoms with E-state index in [0.29, 0.717) is 24.6 Å². The van der Waals surface area contributed by atoms with E-state index in [1.54, 1.807) is 0 Å². The van der Waals surface area contributed by atoms with Crippen LogP contribution in [0, 0.1) is 0 Å². The van der Waals surface area contributed by atoms with Gasteiger partial charge in [0, 0.05) is 11.8 Å². The predicted octanol–water partition coefficient (Wildman–Crippen LogP) is -0.998. The summed E-state index contributed by atoms with van der Waals surface area (Å²) in [6, 6.07) is -0.190. The first-order valence-electron chi connectivity index (χ1n) is 7.03. The van der Waals surface area contributed by atoms with Gasteiger partial charge in [-0.05, 0) is 6.42 Å². The molecule has 2 aliphatic rings. The largest absolute Gasteiger partial charge is 0.483 e. The lowest BCUT2D eigenvalue weighted by atomic mass is 10.1. The molecule has 10 heteroatoms. The number of nitrogens with one attached hydrogen (secondary N) is 1. The summed E-state index contributed by atoms with van der Waals surface area (Å²) in [5, 5.41) is 21.8. The van der Waals surface area contributed by atoms with E-state index in [2.05, 4.69) is 10.3 Å². The third-order valence-electron chi connectivity index (χ3n) is 3.55. The third-order valence-corrected chi connectivity index (χ3v) is 4.27. The monoisotopic (exact) mass is 345 g/mol. The molecule has 0 unspecified atom stereocenters. The molecular weight excluding hydrogens is 326 g/mol. The maximum absolute atomic E-state index is 11.9. The van der Waals surface area contributed by atoms with Gasteiger partial charge in [-0.15, -0.1) is 11.3 Å². The van der Waals surface area contributed by atoms with Crippen molar-refractivity contribution in [2.75, 3.05) is 18.9 Å². The van der Waals surface area contributed by atoms with Crippen LogP contribution in [-0.2, 0) is 25.5 Å². The number of fused-ring (bicyclic) bond motifs is 1. The van der Waals surface area contributed by atoms with Crippen LogP contribution in [0.25, 0.3) is 0 Å². The number of ether oxygens (including phenoxy) is 2. The van der Waals surface area contributed by atoms with Gasteiger partial charge in [0.2, 0.25) is 5.91 Å². The second-order valence-corrected chi connectivity index (χ2v) is 6.01. The normalized spacial score (nSPS) is 28.6. The SMILES string of the molecule is Nc1nc(CCC(=O)N[C@@H]2CO[C@H]3[C@@H]2OC[C@H]3O)cs1.O=CO. The Kier molecular flexibility index (Phi) is 6.28. The summed E-state index contributed by atoms with van der Waals surface area (Å²) in [5.74, 6) is -0.0733. The molecule has 9 nitrogen and oxygen atoms in total. The highest BCUT2D eigenvalue weighted by molar-refractivity contribution is 7.13. The first kappa shape index (κ1) is 17.6. The first-order chi connectivity index (χ1) is 11.0. The van der Waals surface area contributed by atoms with Crippen LogP contribution in [0.15, 0.2) is 5.38 Å². The van der Waals surface area contributed by atoms with E-state index in [1.807, 2.05) is 5.38 Å². The summed E-state index contributed by atoms with van der Waals surface area (Å²) in [4.78, 5) is 24.4. The van der Waals surface area contributed by atoms with Crippen molar-refractivity contribution >= 4 is 28.8 Å². The minimum Gasteiger partial charge on any atom is -0.483 e. The van der Waals surface area contributed by atoms with Gasteiger partial charge in [-0.2, -0.15) is 0 Å². The lowest BCUT2D eigenvalue weighted by Crippen LogP contribution is -2.44. The molecule has 1 aromatic rings. The van der Waals surface area contributed by atoms with Gasteiger partial charge in [-0.3, -0.25) is 9.59 Å². The van der Waals surface area contributed by atoms with E-state index >= 15 is 0 Å². The van der Waals surface area contributed by atoms with Gasteiger partial charge in [0.05, 0.1) is 24.9 Å². The lowest BCUT2D eigenvalue weighted by Gasteiger charge is -2.17. The molecule has 0 spiro atoms. The second kappa shape index (κ2) is 8.20. The molecule has 0 aromatic carbocycles. The second-order valence-electron chi connectivity index (χ2n) is 5.12. The summed E-state index contributed by atoms with van der Waals surface area (Å²) < 4.78 is 10.9. The fraction of sp³-hybridized carbons (Fsp3) is 0.615. The molecule has 0 aliphatic carbocycles. The van der Waals surface area contributed by atoms with Crippen molar-refractivity contribution in [3.63, 3.8) is 0 Å². The summed E-state index contributed by atoms with van der Waals surface area (Å²) in [6.45, 7) is 0.390. The highest BCUT2D eigenvalue weighted by Gasteiger charge is 2.47. The molecular formula is C13H19N3O6S. The molecule has 2 saturated heterocycles. The van der Waals surface area contributed by atoms with Crippen LogP contribution in [0.2, 0.25) is 0 Å². The van der Waals surface area contributed by atoms with E-state index < -0.39 is 6.10 Å². The summed E-state index contributed by atoms with van der Waals surface area (Å²) in [7, 11) is 0. The van der Waals surface area contributed by atoms with Crippen molar-refractivity contribution in [1.29, 1.82) is 0 Å². The summed E-state index contributed by atoms with van der Waals surface area (Å²) in [6.07, 6.45) is -0.257. The molecule has 3 rings (SSSR count). The number of amides is 1. The van der Waals surface area contributed by atoms with Crippen molar-refractivity contribution in [2.24, 2.45) is 0 Å². The number of nitrogens with two attached hydrogens (primary N) is 1. The molecule has 1 aromatic heterocycles. The Morgan fingerprint density at radius 1 is 1.48 bits per heavy atom. The molecule has 0 bridgehead atoms. The molecule has 0 radical (unpaired) electrons. The number of hydrogen-bond acceptors (Lipinski definition) is 8. The molecule has 1 amide bonds. The molecule has 23 heavy (non-hydrogen) atoms. The maximum atomic E-state index is 11.9. The molecule has 0 saturated carbocycles. The fourth-order valence-electron chi connectivity index (χ4n) is 2.56. The van der Waals surface area contributed by atoms with Crippen LogP contribution in [0.4, 0.5) is 5.13 Å². The van der Waals surface area contributed by atoms with E-state index in [0.717, 1.165) is 5.69 Å². The number of thiazole rings is 1. The number of nitrogen functional groups attached to an aromatic ring is 1. The number of carboxylic acid groups (broad SMARTS) is 1. The van der Waals surface area contributed by atoms with Crippen molar-refractivity contribution in [3.8, 4) is 0 Å². The Hall–Kier alpha value is -1.75. The number of aliphatic hydroxyl groups is 1. The zero-order chi connectivity index (χ0) is 16.8. The van der Waals surface area contributed by atoms with E-state index in [1.165, 1.54) is 11.3 Å². The number of carbonyl (C=O) groups is 2. The van der Waals surface area contributed by atoms with Crippen molar-refractivity contribution in [2.45, 2.75) is 37.2 Å². The third kappa shape index (κ3) is 4.61. The predicted molar refractivity (Wildman–Crippen MR) is 81.0 cm³/mol. The topological polar surface area (TPSA) is 144 Å². The standard InChI is InChI=1S/C12H17N3O4S.CH2O2/c13-12-14-6(5-20-12)1-2-9(17)15-7-3-18-11-8(16)4-19-10(7)11;2-1-3/h5,7-8,10-11,16H,1-4H2,(H2,13,14)(H,15,17);1H,(H,2,3)/t7-,8-,10-,11-;/m1./s1. The minimum atomic E-state index is -0.597. The van der Waals surface area contributed by atoms with Crippen LogP contribution in [-0.4, -0.2) is 65.1 Å². The van der Waals surface area contributed by atoms with Gasteiger partial charge >= 0.3 is 0 Å². The molecule has 2 fully saturated rings. The first-order valence-corrected chi connectivity index (χ1v) is 7.91. The van der Waals surface area contributed by atoms with E-state index in [-0.39, 0.29) is 37.2 Å². The van der Waals surface area contributed by atoms with E-state index in [4.69, 9.17) is 25.1 Å². The molecule has 2 aliphatic heterocycles. The van der Waals surface area contributed by atoms with Crippen LogP contribution in [0.1, 0.15) is 12.1 Å². The number of aromatic nitrogens is 1. The summed E-state index contributed by atoms with van der Waals surface area (Å²) >= 11 is 1.37. The Labute approximate surface area is 136 Å². The highest BCUT2D eigenvalue weighted by atomic mass is 32.1. The Morgan fingerprint density at radius 2 is 2.17 bits per heavy atom. The average Bonchev–Trinajstić information content (AvgIpc) is 3.18. The smallest absolute Gasteiger partial charge is 0.290 e. The number of aryl methyl sites for hydroxylation is 1. The van der Waals surface area contributed by atoms with Gasteiger partial charge < -0.3 is 30.7 Å². The van der Waals surface area contributed by atoms with Crippen LogP contribution in [0.3, 0.4) is 0 Å². The van der Waals surface area contributed by atoms with Gasteiger partial charge in [0.1, 0.15) is 18.3 Å². The zero-order valence-electron chi connectivity index (χ0n) is 12.3. The summed E-state index contributed by atoms with van der Waals surface area (Å²) in [5.41, 5.74) is 6.37. The number of carbonyl (C=O) groups excluding carboxylic acids is 1. The van der Waals surface area contributed by atoms with Gasteiger partial charge in [0.15, 0.2) is 5.13 Å². The van der Waals surface area contributed by atoms with Crippen molar-refractivity contribution < 1.29 is 29.3 Å². The minimum absolute atomic E-state index is 0.0733. The number of rotatable bonds is 4. The molecule has 3 heterocycles. The molecule has 5 N–H and O–H groups in total. The van der Waals surface area contributed by atoms with Gasteiger partial charge in [-0.25, -0.2) is 4.98 Å². The Balaban J connectivity index is 0.000000595. The Bertz CT molecular complexity index is 540. The number of hydrogen-bond donors (Lipinski definition) is 4. The van der Waals surface area contributed by atoms with Crippen LogP contribution in [0.5, 0.6) is 0 Å². The maximum Gasteiger partial charge on any atom is 0.290 e. The molecule has 4 atom stereocenters. The average molecular weight is 345 g/mol. The van der Waals surface area contributed by atoms with Crippen molar-refractivity contribution in [1.82, 2.24) is 10.3 Å². The van der Waals surface area contributed by atoms with Crippen LogP contribution < -0.4 is 11.1 Å². The number of nitrogens with zero attached hydrogens (tertiary/aromatic N) is 1. The number of anilines is 1. The number of aliphatic hydroxyl groups excluding tert-OH is 1. The van der Waals surface area contributed by atoms with Gasteiger partial charge in [-0.1, -0.05) is 0 Å². The van der Waals surface area contributed by atoms with Crippen molar-refractivity contribution in [3.05, 3.63) is 11.1 Å². The van der Waals surface area contributed by atoms with Crippen LogP contribution >= 0.6 is 11.3 Å². The molecule has 128 valence electrons.